The Kier molecular flexibility index (Phi) is 7.03. The second kappa shape index (κ2) is 10.4. The van der Waals surface area contributed by atoms with Gasteiger partial charge < -0.3 is 15.3 Å². The van der Waals surface area contributed by atoms with Gasteiger partial charge in [0.15, 0.2) is 5.60 Å². The van der Waals surface area contributed by atoms with Gasteiger partial charge in [0.1, 0.15) is 0 Å². The van der Waals surface area contributed by atoms with Crippen LogP contribution in [0.3, 0.4) is 0 Å². The van der Waals surface area contributed by atoms with Crippen molar-refractivity contribution in [2.75, 3.05) is 18.0 Å². The molecule has 1 amide bonds. The van der Waals surface area contributed by atoms with Gasteiger partial charge in [-0.05, 0) is 55.3 Å². The number of fused-ring (bicyclic) bond motifs is 1. The van der Waals surface area contributed by atoms with Crippen molar-refractivity contribution in [2.45, 2.75) is 41.8 Å². The highest BCUT2D eigenvalue weighted by Gasteiger charge is 2.70. The van der Waals surface area contributed by atoms with Gasteiger partial charge in [-0.15, -0.1) is 0 Å². The van der Waals surface area contributed by atoms with Gasteiger partial charge in [0.05, 0.1) is 34.0 Å². The van der Waals surface area contributed by atoms with E-state index in [-0.39, 0.29) is 24.9 Å². The summed E-state index contributed by atoms with van der Waals surface area (Å²) in [5.74, 6) is -3.97. The third-order valence-electron chi connectivity index (χ3n) is 7.82. The Labute approximate surface area is 246 Å². The van der Waals surface area contributed by atoms with E-state index in [2.05, 4.69) is 25.3 Å². The van der Waals surface area contributed by atoms with E-state index in [1.807, 2.05) is 0 Å². The van der Waals surface area contributed by atoms with Gasteiger partial charge in [0, 0.05) is 41.8 Å². The molecule has 6 rings (SSSR count). The Morgan fingerprint density at radius 2 is 1.75 bits per heavy atom. The Bertz CT molecular complexity index is 1870. The van der Waals surface area contributed by atoms with E-state index in [1.54, 1.807) is 35.4 Å². The molecule has 2 aliphatic rings. The fourth-order valence-electron chi connectivity index (χ4n) is 5.65. The number of aliphatic hydroxyl groups is 1. The van der Waals surface area contributed by atoms with Crippen molar-refractivity contribution in [3.63, 3.8) is 0 Å². The summed E-state index contributed by atoms with van der Waals surface area (Å²) in [7, 11) is -4.86. The fourth-order valence-corrected chi connectivity index (χ4v) is 6.41. The molecule has 0 bridgehead atoms. The molecule has 230 valence electrons. The molecule has 1 saturated heterocycles. The summed E-state index contributed by atoms with van der Waals surface area (Å²) in [6.45, 7) is 0.532. The number of alkyl halides is 5. The number of aromatic nitrogens is 4. The molecule has 4 aromatic rings. The van der Waals surface area contributed by atoms with E-state index >= 15 is 0 Å². The predicted molar refractivity (Wildman–Crippen MR) is 146 cm³/mol. The summed E-state index contributed by atoms with van der Waals surface area (Å²) in [6.07, 6.45) is -2.29. The van der Waals surface area contributed by atoms with Crippen LogP contribution < -0.4 is 10.2 Å². The van der Waals surface area contributed by atoms with Crippen LogP contribution in [0.4, 0.5) is 27.9 Å². The molecule has 0 unspecified atom stereocenters. The van der Waals surface area contributed by atoms with E-state index < -0.39 is 43.6 Å². The summed E-state index contributed by atoms with van der Waals surface area (Å²) in [5.41, 5.74) is -1.47. The number of carbonyl (C=O) groups is 1. The van der Waals surface area contributed by atoms with E-state index in [0.717, 1.165) is 12.1 Å². The molecule has 16 heteroatoms. The molecule has 1 spiro atoms. The van der Waals surface area contributed by atoms with Crippen molar-refractivity contribution < 1.29 is 40.3 Å². The van der Waals surface area contributed by atoms with Crippen molar-refractivity contribution >= 4 is 32.6 Å². The van der Waals surface area contributed by atoms with Gasteiger partial charge in [0.2, 0.25) is 15.8 Å². The highest BCUT2D eigenvalue weighted by Crippen LogP contribution is 2.59. The molecule has 10 nitrogen and oxygen atoms in total. The molecule has 2 N–H and O–H groups in total. The molecule has 3 aromatic heterocycles. The van der Waals surface area contributed by atoms with Crippen molar-refractivity contribution in [3.05, 3.63) is 72.2 Å². The third-order valence-corrected chi connectivity index (χ3v) is 9.20. The van der Waals surface area contributed by atoms with Crippen LogP contribution in [0.5, 0.6) is 0 Å². The van der Waals surface area contributed by atoms with Gasteiger partial charge in [-0.1, -0.05) is 6.07 Å². The summed E-state index contributed by atoms with van der Waals surface area (Å²) in [6, 6.07) is 11.1. The maximum Gasteiger partial charge on any atom is 0.417 e. The number of pyridine rings is 2. The standard InChI is InChI=1S/C28H23F5N6O4S/c29-24(30)44(42,43)19-3-1-2-16(8-19)23(40)36-11-18-9-22-17(10-35-18)4-5-20(37-22)21-6-7-34-25(38-21)39-14-26(15-39)12-27(41,13-26)28(31,32)33/h1-10,24,41H,11-15H2,(H,36,40). The molecule has 4 heterocycles. The lowest BCUT2D eigenvalue weighted by atomic mass is 9.55. The number of benzene rings is 1. The minimum Gasteiger partial charge on any atom is -0.380 e. The minimum atomic E-state index is -4.86. The largest absolute Gasteiger partial charge is 0.417 e. The second-order valence-corrected chi connectivity index (χ2v) is 13.0. The van der Waals surface area contributed by atoms with Crippen LogP contribution in [0.1, 0.15) is 28.9 Å². The molecule has 44 heavy (non-hydrogen) atoms. The molecule has 0 radical (unpaired) electrons. The van der Waals surface area contributed by atoms with Crippen LogP contribution in [0.2, 0.25) is 0 Å². The van der Waals surface area contributed by atoms with Crippen LogP contribution in [0.25, 0.3) is 22.3 Å². The molecule has 0 atom stereocenters. The molecular formula is C28H23F5N6O4S. The number of nitrogens with zero attached hydrogens (tertiary/aromatic N) is 5. The smallest absolute Gasteiger partial charge is 0.380 e. The van der Waals surface area contributed by atoms with E-state index in [9.17, 15) is 40.3 Å². The predicted octanol–water partition coefficient (Wildman–Crippen LogP) is 3.91. The second-order valence-electron chi connectivity index (χ2n) is 11.1. The van der Waals surface area contributed by atoms with E-state index in [4.69, 9.17) is 0 Å². The first-order chi connectivity index (χ1) is 20.7. The van der Waals surface area contributed by atoms with Gasteiger partial charge >= 0.3 is 11.9 Å². The Hall–Kier alpha value is -4.31. The topological polar surface area (TPSA) is 138 Å². The first-order valence-corrected chi connectivity index (χ1v) is 14.8. The number of hydrogen-bond acceptors (Lipinski definition) is 9. The van der Waals surface area contributed by atoms with Crippen LogP contribution in [-0.4, -0.2) is 70.0 Å². The Morgan fingerprint density at radius 1 is 1.02 bits per heavy atom. The normalized spacial score (nSPS) is 17.4. The van der Waals surface area contributed by atoms with Crippen LogP contribution in [-0.2, 0) is 16.4 Å². The van der Waals surface area contributed by atoms with E-state index in [1.165, 1.54) is 18.3 Å². The van der Waals surface area contributed by atoms with E-state index in [0.29, 0.717) is 47.0 Å². The third kappa shape index (κ3) is 5.32. The monoisotopic (exact) mass is 634 g/mol. The zero-order chi connectivity index (χ0) is 31.5. The number of halogens is 5. The molecule has 1 aromatic carbocycles. The zero-order valence-corrected chi connectivity index (χ0v) is 23.4. The lowest BCUT2D eigenvalue weighted by Gasteiger charge is -2.62. The van der Waals surface area contributed by atoms with Gasteiger partial charge in [-0.3, -0.25) is 9.78 Å². The molecular weight excluding hydrogens is 611 g/mol. The average Bonchev–Trinajstić information content (AvgIpc) is 2.96. The van der Waals surface area contributed by atoms with Crippen LogP contribution in [0, 0.1) is 5.41 Å². The SMILES string of the molecule is O=C(NCc1cc2nc(-c3ccnc(N4CC5(C4)CC(O)(C(F)(F)F)C5)n3)ccc2cn1)c1cccc(S(=O)(=O)C(F)F)c1. The van der Waals surface area contributed by atoms with Gasteiger partial charge in [0.25, 0.3) is 5.91 Å². The van der Waals surface area contributed by atoms with Crippen LogP contribution >= 0.6 is 0 Å². The number of nitrogens with one attached hydrogen (secondary N) is 1. The average molecular weight is 635 g/mol. The maximum absolute atomic E-state index is 13.0. The summed E-state index contributed by atoms with van der Waals surface area (Å²) >= 11 is 0. The molecule has 1 saturated carbocycles. The molecule has 1 aliphatic heterocycles. The van der Waals surface area contributed by atoms with Gasteiger partial charge in [-0.25, -0.2) is 23.4 Å². The van der Waals surface area contributed by atoms with Crippen molar-refractivity contribution in [1.29, 1.82) is 0 Å². The number of sulfone groups is 1. The summed E-state index contributed by atoms with van der Waals surface area (Å²) in [4.78, 5) is 31.4. The highest BCUT2D eigenvalue weighted by molar-refractivity contribution is 7.91. The van der Waals surface area contributed by atoms with Crippen molar-refractivity contribution in [2.24, 2.45) is 5.41 Å². The fraction of sp³-hybridized carbons (Fsp3) is 0.321. The molecule has 2 fully saturated rings. The number of anilines is 1. The summed E-state index contributed by atoms with van der Waals surface area (Å²) < 4.78 is 88.4. The molecule has 1 aliphatic carbocycles. The number of carbonyl (C=O) groups excluding carboxylic acids is 1. The number of amides is 1. The Morgan fingerprint density at radius 3 is 2.45 bits per heavy atom. The first kappa shape index (κ1) is 29.7. The number of rotatable bonds is 7. The zero-order valence-electron chi connectivity index (χ0n) is 22.6. The van der Waals surface area contributed by atoms with Crippen LogP contribution in [0.15, 0.2) is 65.8 Å². The van der Waals surface area contributed by atoms with Crippen molar-refractivity contribution in [1.82, 2.24) is 25.3 Å². The highest BCUT2D eigenvalue weighted by atomic mass is 32.2. The van der Waals surface area contributed by atoms with Gasteiger partial charge in [-0.2, -0.15) is 22.0 Å². The lowest BCUT2D eigenvalue weighted by molar-refractivity contribution is -0.319. The summed E-state index contributed by atoms with van der Waals surface area (Å²) in [5, 5.41) is 13.1. The van der Waals surface area contributed by atoms with Crippen molar-refractivity contribution in [3.8, 4) is 11.4 Å². The lowest BCUT2D eigenvalue weighted by Crippen LogP contribution is -2.72. The first-order valence-electron chi connectivity index (χ1n) is 13.2. The quantitative estimate of drug-likeness (QED) is 0.290. The maximum atomic E-state index is 13.0. The number of hydrogen-bond donors (Lipinski definition) is 2. The minimum absolute atomic E-state index is 0.0651. The Balaban J connectivity index is 1.13.